The number of aliphatic imine (C=N–C) groups is 2. The van der Waals surface area contributed by atoms with Crippen molar-refractivity contribution in [3.63, 3.8) is 0 Å². The minimum atomic E-state index is -0.382. The largest absolute Gasteiger partial charge is 0.388 e. The molecule has 0 spiro atoms. The molecular formula is C39H51N7O2. The van der Waals surface area contributed by atoms with Gasteiger partial charge >= 0.3 is 0 Å². The molecule has 0 radical (unpaired) electrons. The molecule has 9 heteroatoms. The van der Waals surface area contributed by atoms with Crippen LogP contribution in [0.3, 0.4) is 0 Å². The van der Waals surface area contributed by atoms with Crippen molar-refractivity contribution in [2.24, 2.45) is 27.2 Å². The van der Waals surface area contributed by atoms with E-state index in [1.165, 1.54) is 0 Å². The van der Waals surface area contributed by atoms with Crippen LogP contribution in [0.25, 0.3) is 0 Å². The zero-order valence-electron chi connectivity index (χ0n) is 28.7. The summed E-state index contributed by atoms with van der Waals surface area (Å²) in [7, 11) is 0. The van der Waals surface area contributed by atoms with E-state index in [1.807, 2.05) is 130 Å². The zero-order chi connectivity index (χ0) is 35.1. The van der Waals surface area contributed by atoms with Gasteiger partial charge in [-0.2, -0.15) is 0 Å². The van der Waals surface area contributed by atoms with Crippen LogP contribution >= 0.6 is 0 Å². The molecule has 4 aromatic rings. The average molecular weight is 650 g/mol. The summed E-state index contributed by atoms with van der Waals surface area (Å²) in [5.74, 6) is 0.126. The Morgan fingerprint density at radius 2 is 1.23 bits per heavy atom. The van der Waals surface area contributed by atoms with E-state index >= 15 is 0 Å². The summed E-state index contributed by atoms with van der Waals surface area (Å²) < 4.78 is 0. The SMILES string of the molecule is CC.CC(N)=NCc1cccc(CN)c1.CCC(=O)NCc1cccc(CN=C(N)NC(=O)C(Cc2ccccc2)c2ccccc2)c1. The number of rotatable bonds is 12. The van der Waals surface area contributed by atoms with Gasteiger partial charge in [-0.25, -0.2) is 4.99 Å². The van der Waals surface area contributed by atoms with Gasteiger partial charge in [-0.05, 0) is 46.7 Å². The number of guanidine groups is 1. The molecule has 0 bridgehead atoms. The van der Waals surface area contributed by atoms with Crippen LogP contribution in [-0.4, -0.2) is 23.6 Å². The highest BCUT2D eigenvalue weighted by Crippen LogP contribution is 2.21. The van der Waals surface area contributed by atoms with Crippen molar-refractivity contribution in [3.05, 3.63) is 143 Å². The molecule has 1 atom stereocenters. The second-order valence-electron chi connectivity index (χ2n) is 10.8. The van der Waals surface area contributed by atoms with E-state index in [1.54, 1.807) is 6.92 Å². The molecule has 8 N–H and O–H groups in total. The lowest BCUT2D eigenvalue weighted by Crippen LogP contribution is -2.40. The van der Waals surface area contributed by atoms with Crippen LogP contribution in [0.1, 0.15) is 73.4 Å². The highest BCUT2D eigenvalue weighted by Gasteiger charge is 2.21. The Bertz CT molecular complexity index is 1580. The number of carbonyl (C=O) groups excluding carboxylic acids is 2. The number of amidine groups is 1. The normalized spacial score (nSPS) is 11.6. The van der Waals surface area contributed by atoms with E-state index in [9.17, 15) is 9.59 Å². The Labute approximate surface area is 285 Å². The highest BCUT2D eigenvalue weighted by atomic mass is 16.2. The standard InChI is InChI=1S/C27H30N4O2.C10H15N3.C2H6/c1-2-25(32)29-18-21-12-9-13-22(16-21)19-30-27(28)31-26(33)24(23-14-7-4-8-15-23)17-20-10-5-3-6-11-20;1-8(12)13-7-10-4-2-3-9(5-10)6-11;1-2/h3-16,24H,2,17-19H2,1H3,(H,29,32)(H3,28,30,31,33);2-5H,6-7,11H2,1H3,(H2,12,13);1-2H3. The predicted molar refractivity (Wildman–Crippen MR) is 198 cm³/mol. The first kappa shape index (κ1) is 38.9. The van der Waals surface area contributed by atoms with E-state index in [2.05, 4.69) is 20.6 Å². The van der Waals surface area contributed by atoms with Crippen LogP contribution in [0.15, 0.2) is 119 Å². The number of benzene rings is 4. The quantitative estimate of drug-likeness (QED) is 0.0979. The molecule has 254 valence electrons. The van der Waals surface area contributed by atoms with Crippen molar-refractivity contribution in [2.45, 2.75) is 72.6 Å². The monoisotopic (exact) mass is 649 g/mol. The molecule has 1 unspecified atom stereocenters. The van der Waals surface area contributed by atoms with E-state index in [4.69, 9.17) is 17.2 Å². The van der Waals surface area contributed by atoms with Gasteiger partial charge in [0.15, 0.2) is 5.96 Å². The summed E-state index contributed by atoms with van der Waals surface area (Å²) in [6.07, 6.45) is 1.02. The van der Waals surface area contributed by atoms with Crippen LogP contribution < -0.4 is 27.8 Å². The topological polar surface area (TPSA) is 161 Å². The lowest BCUT2D eigenvalue weighted by molar-refractivity contribution is -0.121. The van der Waals surface area contributed by atoms with Gasteiger partial charge in [0, 0.05) is 19.5 Å². The highest BCUT2D eigenvalue weighted by molar-refractivity contribution is 5.99. The van der Waals surface area contributed by atoms with Crippen molar-refractivity contribution < 1.29 is 9.59 Å². The number of hydrogen-bond donors (Lipinski definition) is 5. The third kappa shape index (κ3) is 14.9. The molecule has 2 amide bonds. The molecule has 0 saturated heterocycles. The summed E-state index contributed by atoms with van der Waals surface area (Å²) in [5, 5.41) is 5.62. The Balaban J connectivity index is 0.000000445. The van der Waals surface area contributed by atoms with Crippen LogP contribution in [-0.2, 0) is 42.2 Å². The Hall–Kier alpha value is -5.28. The minimum Gasteiger partial charge on any atom is -0.388 e. The fourth-order valence-electron chi connectivity index (χ4n) is 4.56. The third-order valence-electron chi connectivity index (χ3n) is 7.02. The number of carbonyl (C=O) groups is 2. The molecule has 4 rings (SSSR count). The van der Waals surface area contributed by atoms with Gasteiger partial charge in [-0.15, -0.1) is 0 Å². The molecule has 0 aromatic heterocycles. The van der Waals surface area contributed by atoms with Crippen molar-refractivity contribution >= 4 is 23.6 Å². The molecule has 4 aromatic carbocycles. The lowest BCUT2D eigenvalue weighted by Gasteiger charge is -2.17. The molecule has 48 heavy (non-hydrogen) atoms. The van der Waals surface area contributed by atoms with Crippen molar-refractivity contribution in [1.82, 2.24) is 10.6 Å². The van der Waals surface area contributed by atoms with Gasteiger partial charge in [0.1, 0.15) is 0 Å². The number of nitrogens with two attached hydrogens (primary N) is 3. The minimum absolute atomic E-state index is 0.00820. The molecule has 0 aliphatic heterocycles. The number of hydrogen-bond acceptors (Lipinski definition) is 5. The number of nitrogens with zero attached hydrogens (tertiary/aromatic N) is 2. The molecule has 0 saturated carbocycles. The van der Waals surface area contributed by atoms with Gasteiger partial charge < -0.3 is 22.5 Å². The smallest absolute Gasteiger partial charge is 0.234 e. The van der Waals surface area contributed by atoms with Gasteiger partial charge in [0.05, 0.1) is 24.8 Å². The lowest BCUT2D eigenvalue weighted by atomic mass is 9.91. The molecule has 0 fully saturated rings. The van der Waals surface area contributed by atoms with E-state index < -0.39 is 0 Å². The molecule has 0 aliphatic rings. The van der Waals surface area contributed by atoms with Crippen molar-refractivity contribution in [2.75, 3.05) is 0 Å². The van der Waals surface area contributed by atoms with Gasteiger partial charge in [0.2, 0.25) is 11.8 Å². The van der Waals surface area contributed by atoms with Crippen LogP contribution in [0.2, 0.25) is 0 Å². The van der Waals surface area contributed by atoms with Crippen molar-refractivity contribution in [1.29, 1.82) is 0 Å². The molecule has 9 nitrogen and oxygen atoms in total. The van der Waals surface area contributed by atoms with Crippen LogP contribution in [0.5, 0.6) is 0 Å². The Kier molecular flexibility index (Phi) is 18.1. The van der Waals surface area contributed by atoms with Crippen molar-refractivity contribution in [3.8, 4) is 0 Å². The second kappa shape index (κ2) is 22.3. The van der Waals surface area contributed by atoms with Gasteiger partial charge in [-0.3, -0.25) is 19.9 Å². The summed E-state index contributed by atoms with van der Waals surface area (Å²) in [4.78, 5) is 33.0. The fourth-order valence-corrected chi connectivity index (χ4v) is 4.56. The summed E-state index contributed by atoms with van der Waals surface area (Å²) in [6.45, 7) is 9.60. The van der Waals surface area contributed by atoms with E-state index in [0.717, 1.165) is 33.4 Å². The molecule has 0 aliphatic carbocycles. The maximum Gasteiger partial charge on any atom is 0.234 e. The molecular weight excluding hydrogens is 598 g/mol. The summed E-state index contributed by atoms with van der Waals surface area (Å²) >= 11 is 0. The third-order valence-corrected chi connectivity index (χ3v) is 7.02. The number of amides is 2. The van der Waals surface area contributed by atoms with E-state index in [0.29, 0.717) is 44.9 Å². The Morgan fingerprint density at radius 3 is 1.81 bits per heavy atom. The van der Waals surface area contributed by atoms with Crippen LogP contribution in [0.4, 0.5) is 0 Å². The Morgan fingerprint density at radius 1 is 0.708 bits per heavy atom. The van der Waals surface area contributed by atoms with E-state index in [-0.39, 0.29) is 23.7 Å². The van der Waals surface area contributed by atoms with Crippen LogP contribution in [0, 0.1) is 0 Å². The van der Waals surface area contributed by atoms with Gasteiger partial charge in [-0.1, -0.05) is 130 Å². The summed E-state index contributed by atoms with van der Waals surface area (Å²) in [5.41, 5.74) is 23.2. The first-order valence-corrected chi connectivity index (χ1v) is 16.4. The van der Waals surface area contributed by atoms with Gasteiger partial charge in [0.25, 0.3) is 0 Å². The zero-order valence-corrected chi connectivity index (χ0v) is 28.7. The maximum absolute atomic E-state index is 13.1. The maximum atomic E-state index is 13.1. The summed E-state index contributed by atoms with van der Waals surface area (Å²) in [6, 6.07) is 35.4. The average Bonchev–Trinajstić information content (AvgIpc) is 3.13. The number of nitrogens with one attached hydrogen (secondary N) is 2. The first-order valence-electron chi connectivity index (χ1n) is 16.4. The second-order valence-corrected chi connectivity index (χ2v) is 10.8. The first-order chi connectivity index (χ1) is 23.3. The molecule has 0 heterocycles. The fraction of sp³-hybridized carbons (Fsp3) is 0.282. The predicted octanol–water partition coefficient (Wildman–Crippen LogP) is 5.72.